The largest absolute Gasteiger partial charge is 0.338 e. The zero-order valence-corrected chi connectivity index (χ0v) is 9.10. The lowest BCUT2D eigenvalue weighted by atomic mass is 10.0. The van der Waals surface area contributed by atoms with E-state index in [-0.39, 0.29) is 5.91 Å². The molecule has 2 fully saturated rings. The second-order valence-electron chi connectivity index (χ2n) is 4.63. The number of amides is 1. The van der Waals surface area contributed by atoms with Crippen molar-refractivity contribution in [1.82, 2.24) is 15.2 Å². The van der Waals surface area contributed by atoms with Gasteiger partial charge in [-0.1, -0.05) is 0 Å². The third-order valence-electron chi connectivity index (χ3n) is 3.59. The topological polar surface area (TPSA) is 45.2 Å². The Hall–Kier alpha value is -1.42. The zero-order chi connectivity index (χ0) is 11.0. The van der Waals surface area contributed by atoms with Crippen molar-refractivity contribution in [3.63, 3.8) is 0 Å². The highest BCUT2D eigenvalue weighted by Crippen LogP contribution is 2.27. The van der Waals surface area contributed by atoms with Crippen LogP contribution < -0.4 is 5.32 Å². The Labute approximate surface area is 94.7 Å². The van der Waals surface area contributed by atoms with Gasteiger partial charge in [-0.3, -0.25) is 9.78 Å². The maximum absolute atomic E-state index is 12.1. The van der Waals surface area contributed by atoms with E-state index in [1.165, 1.54) is 0 Å². The number of nitrogens with one attached hydrogen (secondary N) is 1. The van der Waals surface area contributed by atoms with Gasteiger partial charge in [0.25, 0.3) is 5.91 Å². The number of rotatable bonds is 1. The van der Waals surface area contributed by atoms with Crippen LogP contribution in [0.3, 0.4) is 0 Å². The summed E-state index contributed by atoms with van der Waals surface area (Å²) in [5.74, 6) is 1.43. The molecule has 0 saturated carbocycles. The standard InChI is InChI=1S/C12H15N3O/c16-12(9-2-1-3-13-4-9)15-7-10-5-14-6-11(10)8-15/h1-4,10-11,14H,5-8H2/t10-,11-/m0/s1. The number of nitrogens with zero attached hydrogens (tertiary/aromatic N) is 2. The van der Waals surface area contributed by atoms with E-state index in [1.807, 2.05) is 17.0 Å². The molecule has 0 spiro atoms. The summed E-state index contributed by atoms with van der Waals surface area (Å²) in [6, 6.07) is 3.65. The average Bonchev–Trinajstić information content (AvgIpc) is 2.89. The number of aromatic nitrogens is 1. The molecule has 1 aromatic heterocycles. The molecule has 4 heteroatoms. The van der Waals surface area contributed by atoms with Crippen LogP contribution in [0.2, 0.25) is 0 Å². The summed E-state index contributed by atoms with van der Waals surface area (Å²) in [6.45, 7) is 3.90. The van der Waals surface area contributed by atoms with Crippen molar-refractivity contribution in [3.8, 4) is 0 Å². The number of fused-ring (bicyclic) bond motifs is 1. The number of likely N-dealkylation sites (tertiary alicyclic amines) is 1. The van der Waals surface area contributed by atoms with Crippen molar-refractivity contribution in [2.45, 2.75) is 0 Å². The molecule has 2 aliphatic rings. The monoisotopic (exact) mass is 217 g/mol. The first-order valence-corrected chi connectivity index (χ1v) is 5.74. The fourth-order valence-corrected chi connectivity index (χ4v) is 2.69. The van der Waals surface area contributed by atoms with Gasteiger partial charge < -0.3 is 10.2 Å². The molecule has 84 valence electrons. The third kappa shape index (κ3) is 1.59. The fraction of sp³-hybridized carbons (Fsp3) is 0.500. The van der Waals surface area contributed by atoms with Crippen LogP contribution in [0.4, 0.5) is 0 Å². The van der Waals surface area contributed by atoms with Crippen molar-refractivity contribution < 1.29 is 4.79 Å². The van der Waals surface area contributed by atoms with Crippen LogP contribution in [-0.2, 0) is 0 Å². The quantitative estimate of drug-likeness (QED) is 0.739. The zero-order valence-electron chi connectivity index (χ0n) is 9.10. The number of carbonyl (C=O) groups is 1. The van der Waals surface area contributed by atoms with Crippen LogP contribution in [0, 0.1) is 11.8 Å². The molecule has 3 rings (SSSR count). The van der Waals surface area contributed by atoms with Crippen molar-refractivity contribution in [1.29, 1.82) is 0 Å². The summed E-state index contributed by atoms with van der Waals surface area (Å²) in [6.07, 6.45) is 3.34. The maximum atomic E-state index is 12.1. The first-order chi connectivity index (χ1) is 7.84. The molecule has 0 aliphatic carbocycles. The summed E-state index contributed by atoms with van der Waals surface area (Å²) in [5.41, 5.74) is 0.704. The minimum Gasteiger partial charge on any atom is -0.338 e. The molecule has 3 heterocycles. The molecule has 1 amide bonds. The lowest BCUT2D eigenvalue weighted by molar-refractivity contribution is 0.0781. The Kier molecular flexibility index (Phi) is 2.36. The van der Waals surface area contributed by atoms with Crippen LogP contribution in [0.1, 0.15) is 10.4 Å². The van der Waals surface area contributed by atoms with Crippen LogP contribution in [0.25, 0.3) is 0 Å². The van der Waals surface area contributed by atoms with E-state index in [4.69, 9.17) is 0 Å². The van der Waals surface area contributed by atoms with Crippen molar-refractivity contribution in [2.75, 3.05) is 26.2 Å². The molecule has 4 nitrogen and oxygen atoms in total. The molecule has 2 saturated heterocycles. The van der Waals surface area contributed by atoms with E-state index in [0.29, 0.717) is 17.4 Å². The van der Waals surface area contributed by atoms with Gasteiger partial charge in [0.1, 0.15) is 0 Å². The highest BCUT2D eigenvalue weighted by molar-refractivity contribution is 5.94. The summed E-state index contributed by atoms with van der Waals surface area (Å²) in [7, 11) is 0. The Morgan fingerprint density at radius 3 is 2.75 bits per heavy atom. The van der Waals surface area contributed by atoms with Gasteiger partial charge in [-0.2, -0.15) is 0 Å². The first-order valence-electron chi connectivity index (χ1n) is 5.74. The van der Waals surface area contributed by atoms with Gasteiger partial charge in [0, 0.05) is 38.6 Å². The molecule has 2 atom stereocenters. The van der Waals surface area contributed by atoms with E-state index in [2.05, 4.69) is 10.3 Å². The Morgan fingerprint density at radius 2 is 2.12 bits per heavy atom. The normalized spacial score (nSPS) is 28.1. The summed E-state index contributed by atoms with van der Waals surface area (Å²) >= 11 is 0. The minimum atomic E-state index is 0.127. The predicted molar refractivity (Wildman–Crippen MR) is 60.0 cm³/mol. The Bertz CT molecular complexity index is 381. The summed E-state index contributed by atoms with van der Waals surface area (Å²) in [4.78, 5) is 18.1. The summed E-state index contributed by atoms with van der Waals surface area (Å²) < 4.78 is 0. The molecule has 1 aromatic rings. The first kappa shape index (κ1) is 9.78. The highest BCUT2D eigenvalue weighted by atomic mass is 16.2. The van der Waals surface area contributed by atoms with Gasteiger partial charge in [-0.05, 0) is 24.0 Å². The van der Waals surface area contributed by atoms with Gasteiger partial charge in [-0.15, -0.1) is 0 Å². The smallest absolute Gasteiger partial charge is 0.255 e. The Morgan fingerprint density at radius 1 is 1.38 bits per heavy atom. The van der Waals surface area contributed by atoms with Gasteiger partial charge in [0.05, 0.1) is 5.56 Å². The van der Waals surface area contributed by atoms with Gasteiger partial charge >= 0.3 is 0 Å². The van der Waals surface area contributed by atoms with E-state index in [1.54, 1.807) is 12.4 Å². The SMILES string of the molecule is O=C(c1cccnc1)N1C[C@@H]2CNC[C@H]2C1. The number of hydrogen-bond donors (Lipinski definition) is 1. The highest BCUT2D eigenvalue weighted by Gasteiger charge is 2.38. The van der Waals surface area contributed by atoms with Crippen LogP contribution in [0.5, 0.6) is 0 Å². The van der Waals surface area contributed by atoms with E-state index in [0.717, 1.165) is 26.2 Å². The number of hydrogen-bond acceptors (Lipinski definition) is 3. The lowest BCUT2D eigenvalue weighted by Gasteiger charge is -2.17. The van der Waals surface area contributed by atoms with Gasteiger partial charge in [0.15, 0.2) is 0 Å². The average molecular weight is 217 g/mol. The second-order valence-corrected chi connectivity index (χ2v) is 4.63. The van der Waals surface area contributed by atoms with Crippen molar-refractivity contribution >= 4 is 5.91 Å². The van der Waals surface area contributed by atoms with E-state index in [9.17, 15) is 4.79 Å². The fourth-order valence-electron chi connectivity index (χ4n) is 2.69. The minimum absolute atomic E-state index is 0.127. The van der Waals surface area contributed by atoms with Crippen LogP contribution in [-0.4, -0.2) is 42.0 Å². The molecular weight excluding hydrogens is 202 g/mol. The number of carbonyl (C=O) groups excluding carboxylic acids is 1. The van der Waals surface area contributed by atoms with E-state index < -0.39 is 0 Å². The number of pyridine rings is 1. The molecular formula is C12H15N3O. The van der Waals surface area contributed by atoms with Gasteiger partial charge in [-0.25, -0.2) is 0 Å². The van der Waals surface area contributed by atoms with Crippen LogP contribution >= 0.6 is 0 Å². The molecule has 1 N–H and O–H groups in total. The van der Waals surface area contributed by atoms with E-state index >= 15 is 0 Å². The molecule has 2 aliphatic heterocycles. The Balaban J connectivity index is 1.73. The molecule has 0 unspecified atom stereocenters. The second kappa shape index (κ2) is 3.87. The molecule has 16 heavy (non-hydrogen) atoms. The van der Waals surface area contributed by atoms with Crippen molar-refractivity contribution in [2.24, 2.45) is 11.8 Å². The molecule has 0 bridgehead atoms. The van der Waals surface area contributed by atoms with Crippen molar-refractivity contribution in [3.05, 3.63) is 30.1 Å². The van der Waals surface area contributed by atoms with Crippen LogP contribution in [0.15, 0.2) is 24.5 Å². The summed E-state index contributed by atoms with van der Waals surface area (Å²) in [5, 5.41) is 3.37. The van der Waals surface area contributed by atoms with Gasteiger partial charge in [0.2, 0.25) is 0 Å². The third-order valence-corrected chi connectivity index (χ3v) is 3.59. The molecule has 0 aromatic carbocycles. The lowest BCUT2D eigenvalue weighted by Crippen LogP contribution is -2.31. The maximum Gasteiger partial charge on any atom is 0.255 e. The predicted octanol–water partition coefficient (Wildman–Crippen LogP) is 0.373. The molecule has 0 radical (unpaired) electrons.